The van der Waals surface area contributed by atoms with Gasteiger partial charge in [0.05, 0.1) is 11.0 Å². The summed E-state index contributed by atoms with van der Waals surface area (Å²) in [6.45, 7) is 8.70. The first kappa shape index (κ1) is 15.7. The van der Waals surface area contributed by atoms with Crippen molar-refractivity contribution in [2.24, 2.45) is 0 Å². The van der Waals surface area contributed by atoms with Crippen molar-refractivity contribution in [2.75, 3.05) is 0 Å². The normalized spacial score (nSPS) is 12.2. The third kappa shape index (κ3) is 2.56. The predicted molar refractivity (Wildman–Crippen MR) is 104 cm³/mol. The number of phenolic OH excluding ortho intramolecular Hbond substituents is 1. The van der Waals surface area contributed by atoms with Crippen LogP contribution in [0.5, 0.6) is 5.75 Å². The molecule has 0 saturated carbocycles. The molecule has 3 heteroatoms. The van der Waals surface area contributed by atoms with E-state index in [0.29, 0.717) is 0 Å². The molecule has 2 aromatic heterocycles. The molecule has 2 heterocycles. The maximum absolute atomic E-state index is 10.0. The number of hydrogen-bond acceptors (Lipinski definition) is 2. The van der Waals surface area contributed by atoms with E-state index in [1.807, 2.05) is 18.3 Å². The minimum atomic E-state index is 0.0508. The van der Waals surface area contributed by atoms with Crippen molar-refractivity contribution >= 4 is 21.8 Å². The van der Waals surface area contributed by atoms with Crippen LogP contribution in [0.3, 0.4) is 0 Å². The Hall–Kier alpha value is -2.81. The number of phenols is 1. The van der Waals surface area contributed by atoms with Crippen LogP contribution in [0.25, 0.3) is 27.6 Å². The summed E-state index contributed by atoms with van der Waals surface area (Å²) in [6, 6.07) is 16.2. The minimum absolute atomic E-state index is 0.0508. The Morgan fingerprint density at radius 1 is 0.880 bits per heavy atom. The molecule has 0 aliphatic rings. The van der Waals surface area contributed by atoms with E-state index in [9.17, 15) is 5.11 Å². The summed E-state index contributed by atoms with van der Waals surface area (Å²) in [4.78, 5) is 4.63. The average molecular weight is 330 g/mol. The van der Waals surface area contributed by atoms with Gasteiger partial charge in [0.25, 0.3) is 0 Å². The van der Waals surface area contributed by atoms with Crippen LogP contribution in [0.2, 0.25) is 0 Å². The molecule has 0 saturated heterocycles. The summed E-state index contributed by atoms with van der Waals surface area (Å²) in [6.07, 6.45) is 1.87. The van der Waals surface area contributed by atoms with Gasteiger partial charge in [-0.25, -0.2) is 4.98 Å². The molecule has 0 aliphatic carbocycles. The van der Waals surface area contributed by atoms with Gasteiger partial charge < -0.3 is 5.11 Å². The first-order valence-electron chi connectivity index (χ1n) is 8.55. The van der Waals surface area contributed by atoms with Gasteiger partial charge in [0.15, 0.2) is 0 Å². The van der Waals surface area contributed by atoms with Crippen molar-refractivity contribution < 1.29 is 5.11 Å². The van der Waals surface area contributed by atoms with Crippen LogP contribution in [0, 0.1) is 6.92 Å². The first-order valence-corrected chi connectivity index (χ1v) is 8.55. The number of nitrogens with zero attached hydrogens (tertiary/aromatic N) is 2. The van der Waals surface area contributed by atoms with Gasteiger partial charge in [-0.15, -0.1) is 0 Å². The lowest BCUT2D eigenvalue weighted by atomic mass is 9.88. The van der Waals surface area contributed by atoms with Gasteiger partial charge in [-0.2, -0.15) is 0 Å². The van der Waals surface area contributed by atoms with Crippen LogP contribution in [0.4, 0.5) is 0 Å². The van der Waals surface area contributed by atoms with E-state index in [2.05, 4.69) is 67.6 Å². The lowest BCUT2D eigenvalue weighted by Crippen LogP contribution is -2.12. The standard InChI is InChI=1S/C22H22N2O/c1-14-5-8-19-18(11-14)17-7-6-16(25)13-20(17)24(19)21-12-15(9-10-23-21)22(2,3)4/h5-13,25H,1-4H3. The van der Waals surface area contributed by atoms with Gasteiger partial charge in [0.2, 0.25) is 0 Å². The van der Waals surface area contributed by atoms with Crippen molar-refractivity contribution in [3.63, 3.8) is 0 Å². The molecular weight excluding hydrogens is 308 g/mol. The predicted octanol–water partition coefficient (Wildman–Crippen LogP) is 5.49. The molecule has 0 aliphatic heterocycles. The molecule has 0 atom stereocenters. The zero-order valence-electron chi connectivity index (χ0n) is 15.0. The number of hydrogen-bond donors (Lipinski definition) is 1. The van der Waals surface area contributed by atoms with E-state index in [1.54, 1.807) is 6.07 Å². The molecule has 4 aromatic rings. The second-order valence-corrected chi connectivity index (χ2v) is 7.71. The second kappa shape index (κ2) is 5.35. The number of aromatic hydroxyl groups is 1. The van der Waals surface area contributed by atoms with E-state index in [0.717, 1.165) is 22.2 Å². The topological polar surface area (TPSA) is 38.0 Å². The van der Waals surface area contributed by atoms with Gasteiger partial charge >= 0.3 is 0 Å². The van der Waals surface area contributed by atoms with Gasteiger partial charge in [-0.3, -0.25) is 4.57 Å². The van der Waals surface area contributed by atoms with E-state index >= 15 is 0 Å². The summed E-state index contributed by atoms with van der Waals surface area (Å²) in [5.74, 6) is 1.14. The van der Waals surface area contributed by atoms with Crippen LogP contribution in [-0.2, 0) is 5.41 Å². The Balaban J connectivity index is 2.11. The second-order valence-electron chi connectivity index (χ2n) is 7.71. The van der Waals surface area contributed by atoms with E-state index in [-0.39, 0.29) is 11.2 Å². The van der Waals surface area contributed by atoms with Crippen molar-refractivity contribution in [2.45, 2.75) is 33.1 Å². The third-order valence-corrected chi connectivity index (χ3v) is 4.75. The van der Waals surface area contributed by atoms with Gasteiger partial charge in [0.1, 0.15) is 11.6 Å². The molecule has 0 amide bonds. The summed E-state index contributed by atoms with van der Waals surface area (Å²) in [5.41, 5.74) is 4.58. The molecule has 126 valence electrons. The van der Waals surface area contributed by atoms with Crippen LogP contribution in [0.15, 0.2) is 54.7 Å². The molecule has 4 rings (SSSR count). The highest BCUT2D eigenvalue weighted by atomic mass is 16.3. The summed E-state index contributed by atoms with van der Waals surface area (Å²) >= 11 is 0. The van der Waals surface area contributed by atoms with E-state index in [4.69, 9.17) is 0 Å². The number of aromatic nitrogens is 2. The molecule has 0 radical (unpaired) electrons. The average Bonchev–Trinajstić information content (AvgIpc) is 2.87. The molecule has 0 fully saturated rings. The van der Waals surface area contributed by atoms with Gasteiger partial charge in [-0.1, -0.05) is 32.4 Å². The first-order chi connectivity index (χ1) is 11.8. The Kier molecular flexibility index (Phi) is 3.36. The Bertz CT molecular complexity index is 1100. The summed E-state index contributed by atoms with van der Waals surface area (Å²) < 4.78 is 2.14. The molecule has 0 unspecified atom stereocenters. The highest BCUT2D eigenvalue weighted by Gasteiger charge is 2.17. The molecule has 0 spiro atoms. The minimum Gasteiger partial charge on any atom is -0.508 e. The van der Waals surface area contributed by atoms with Crippen LogP contribution in [0.1, 0.15) is 31.9 Å². The van der Waals surface area contributed by atoms with Crippen molar-refractivity contribution in [3.05, 3.63) is 65.9 Å². The number of fused-ring (bicyclic) bond motifs is 3. The Morgan fingerprint density at radius 2 is 1.68 bits per heavy atom. The molecule has 1 N–H and O–H groups in total. The van der Waals surface area contributed by atoms with E-state index < -0.39 is 0 Å². The quantitative estimate of drug-likeness (QED) is 0.501. The summed E-state index contributed by atoms with van der Waals surface area (Å²) in [7, 11) is 0. The molecular formula is C22H22N2O. The third-order valence-electron chi connectivity index (χ3n) is 4.75. The van der Waals surface area contributed by atoms with Crippen LogP contribution in [-0.4, -0.2) is 14.7 Å². The lowest BCUT2D eigenvalue weighted by Gasteiger charge is -2.20. The van der Waals surface area contributed by atoms with Crippen molar-refractivity contribution in [1.29, 1.82) is 0 Å². The number of aryl methyl sites for hydroxylation is 1. The van der Waals surface area contributed by atoms with Crippen LogP contribution < -0.4 is 0 Å². The van der Waals surface area contributed by atoms with Gasteiger partial charge in [0, 0.05) is 23.0 Å². The Morgan fingerprint density at radius 3 is 2.44 bits per heavy atom. The van der Waals surface area contributed by atoms with E-state index in [1.165, 1.54) is 16.5 Å². The summed E-state index contributed by atoms with van der Waals surface area (Å²) in [5, 5.41) is 12.3. The maximum Gasteiger partial charge on any atom is 0.137 e. The number of rotatable bonds is 1. The monoisotopic (exact) mass is 330 g/mol. The zero-order valence-corrected chi connectivity index (χ0v) is 15.0. The highest BCUT2D eigenvalue weighted by Crippen LogP contribution is 2.34. The van der Waals surface area contributed by atoms with Crippen LogP contribution >= 0.6 is 0 Å². The maximum atomic E-state index is 10.0. The smallest absolute Gasteiger partial charge is 0.137 e. The molecule has 3 nitrogen and oxygen atoms in total. The SMILES string of the molecule is Cc1ccc2c(c1)c1ccc(O)cc1n2-c1cc(C(C)(C)C)ccn1. The largest absolute Gasteiger partial charge is 0.508 e. The Labute approximate surface area is 147 Å². The molecule has 25 heavy (non-hydrogen) atoms. The van der Waals surface area contributed by atoms with Crippen molar-refractivity contribution in [3.8, 4) is 11.6 Å². The number of benzene rings is 2. The fourth-order valence-electron chi connectivity index (χ4n) is 3.38. The number of pyridine rings is 1. The zero-order chi connectivity index (χ0) is 17.8. The molecule has 0 bridgehead atoms. The fourth-order valence-corrected chi connectivity index (χ4v) is 3.38. The highest BCUT2D eigenvalue weighted by molar-refractivity contribution is 6.09. The fraction of sp³-hybridized carbons (Fsp3) is 0.227. The van der Waals surface area contributed by atoms with Crippen molar-refractivity contribution in [1.82, 2.24) is 9.55 Å². The molecule has 2 aromatic carbocycles. The lowest BCUT2D eigenvalue weighted by molar-refractivity contribution is 0.476. The van der Waals surface area contributed by atoms with Gasteiger partial charge in [-0.05, 0) is 54.3 Å².